The van der Waals surface area contributed by atoms with E-state index in [1.54, 1.807) is 11.8 Å². The van der Waals surface area contributed by atoms with E-state index in [1.165, 1.54) is 24.3 Å². The van der Waals surface area contributed by atoms with E-state index in [9.17, 15) is 18.8 Å². The summed E-state index contributed by atoms with van der Waals surface area (Å²) >= 11 is 7.48. The zero-order valence-corrected chi connectivity index (χ0v) is 19.6. The van der Waals surface area contributed by atoms with Crippen molar-refractivity contribution >= 4 is 52.5 Å². The maximum absolute atomic E-state index is 12.9. The van der Waals surface area contributed by atoms with Crippen LogP contribution in [0.2, 0.25) is 5.02 Å². The summed E-state index contributed by atoms with van der Waals surface area (Å²) in [6.07, 6.45) is 0.431. The maximum atomic E-state index is 12.9. The predicted molar refractivity (Wildman–Crippen MR) is 130 cm³/mol. The molecule has 9 heteroatoms. The molecule has 0 spiro atoms. The first-order valence-electron chi connectivity index (χ1n) is 10.4. The quantitative estimate of drug-likeness (QED) is 0.337. The molecule has 0 aliphatic heterocycles. The molecule has 3 aromatic carbocycles. The third kappa shape index (κ3) is 8.88. The number of carbonyl (C=O) groups is 3. The highest BCUT2D eigenvalue weighted by Gasteiger charge is 2.10. The van der Waals surface area contributed by atoms with Crippen LogP contribution in [0.5, 0.6) is 0 Å². The van der Waals surface area contributed by atoms with Crippen molar-refractivity contribution < 1.29 is 23.5 Å². The van der Waals surface area contributed by atoms with Gasteiger partial charge in [-0.05, 0) is 79.2 Å². The van der Waals surface area contributed by atoms with Gasteiger partial charge in [-0.2, -0.15) is 0 Å². The van der Waals surface area contributed by atoms with Crippen LogP contribution >= 0.6 is 23.4 Å². The Morgan fingerprint density at radius 3 is 1.91 bits per heavy atom. The smallest absolute Gasteiger partial charge is 0.306 e. The zero-order valence-electron chi connectivity index (χ0n) is 18.1. The molecule has 6 nitrogen and oxygen atoms in total. The van der Waals surface area contributed by atoms with E-state index in [1.807, 2.05) is 48.5 Å². The fourth-order valence-corrected chi connectivity index (χ4v) is 3.75. The number of hydrogen-bond acceptors (Lipinski definition) is 5. The lowest BCUT2D eigenvalue weighted by molar-refractivity contribution is -0.147. The van der Waals surface area contributed by atoms with Crippen molar-refractivity contribution in [1.82, 2.24) is 0 Å². The normalized spacial score (nSPS) is 10.4. The Balaban J connectivity index is 1.32. The van der Waals surface area contributed by atoms with Crippen LogP contribution in [0.1, 0.15) is 19.3 Å². The Hall–Kier alpha value is -3.36. The van der Waals surface area contributed by atoms with Crippen LogP contribution in [0.15, 0.2) is 82.6 Å². The minimum absolute atomic E-state index is 0.00786. The van der Waals surface area contributed by atoms with Crippen LogP contribution in [-0.4, -0.2) is 24.4 Å². The standard InChI is InChI=1S/C25H22ClFN2O4S/c26-17-4-12-21(13-5-17)34-22-14-10-20(11-15-22)28-23(30)2-1-3-25(32)33-16-24(31)29-19-8-6-18(27)7-9-19/h4-15H,1-3,16H2,(H,28,30)(H,29,31). The maximum Gasteiger partial charge on any atom is 0.306 e. The molecule has 3 rings (SSSR count). The molecule has 0 fully saturated rings. The fourth-order valence-electron chi connectivity index (χ4n) is 2.81. The van der Waals surface area contributed by atoms with Gasteiger partial charge >= 0.3 is 5.97 Å². The zero-order chi connectivity index (χ0) is 24.3. The Kier molecular flexibility index (Phi) is 9.49. The number of nitrogens with one attached hydrogen (secondary N) is 2. The van der Waals surface area contributed by atoms with Crippen LogP contribution in [0.4, 0.5) is 15.8 Å². The molecule has 2 N–H and O–H groups in total. The van der Waals surface area contributed by atoms with Gasteiger partial charge in [-0.15, -0.1) is 0 Å². The van der Waals surface area contributed by atoms with Gasteiger partial charge in [0.15, 0.2) is 6.61 Å². The number of benzene rings is 3. The molecule has 3 aromatic rings. The molecule has 0 atom stereocenters. The molecule has 0 heterocycles. The highest BCUT2D eigenvalue weighted by atomic mass is 35.5. The lowest BCUT2D eigenvalue weighted by Crippen LogP contribution is -2.21. The monoisotopic (exact) mass is 500 g/mol. The van der Waals surface area contributed by atoms with Gasteiger partial charge in [0.05, 0.1) is 0 Å². The lowest BCUT2D eigenvalue weighted by atomic mass is 10.2. The fraction of sp³-hybridized carbons (Fsp3) is 0.160. The van der Waals surface area contributed by atoms with Crippen molar-refractivity contribution in [2.45, 2.75) is 29.1 Å². The van der Waals surface area contributed by atoms with Crippen molar-refractivity contribution in [3.8, 4) is 0 Å². The first kappa shape index (κ1) is 25.3. The number of ether oxygens (including phenoxy) is 1. The largest absolute Gasteiger partial charge is 0.456 e. The number of amides is 2. The average molecular weight is 501 g/mol. The van der Waals surface area contributed by atoms with E-state index in [2.05, 4.69) is 10.6 Å². The summed E-state index contributed by atoms with van der Waals surface area (Å²) in [4.78, 5) is 37.8. The van der Waals surface area contributed by atoms with Crippen molar-refractivity contribution in [2.75, 3.05) is 17.2 Å². The molecular weight excluding hydrogens is 479 g/mol. The second-order valence-corrected chi connectivity index (χ2v) is 8.78. The number of halogens is 2. The molecule has 176 valence electrons. The van der Waals surface area contributed by atoms with Gasteiger partial charge in [0.1, 0.15) is 5.82 Å². The summed E-state index contributed by atoms with van der Waals surface area (Å²) in [5, 5.41) is 5.96. The Labute approximate surface area is 205 Å². The SMILES string of the molecule is O=C(CCCC(=O)OCC(=O)Nc1ccc(F)cc1)Nc1ccc(Sc2ccc(Cl)cc2)cc1. The van der Waals surface area contributed by atoms with Gasteiger partial charge in [-0.3, -0.25) is 14.4 Å². The molecule has 0 aromatic heterocycles. The van der Waals surface area contributed by atoms with Crippen LogP contribution in [-0.2, 0) is 19.1 Å². The molecule has 0 unspecified atom stereocenters. The third-order valence-corrected chi connectivity index (χ3v) is 5.73. The van der Waals surface area contributed by atoms with Crippen LogP contribution in [0, 0.1) is 5.82 Å². The summed E-state index contributed by atoms with van der Waals surface area (Å²) in [6, 6.07) is 20.2. The Morgan fingerprint density at radius 2 is 1.29 bits per heavy atom. The molecule has 0 saturated heterocycles. The molecule has 0 saturated carbocycles. The highest BCUT2D eigenvalue weighted by Crippen LogP contribution is 2.29. The molecule has 34 heavy (non-hydrogen) atoms. The van der Waals surface area contributed by atoms with Gasteiger partial charge in [0.2, 0.25) is 5.91 Å². The number of hydrogen-bond donors (Lipinski definition) is 2. The lowest BCUT2D eigenvalue weighted by Gasteiger charge is -2.08. The van der Waals surface area contributed by atoms with E-state index in [0.717, 1.165) is 9.79 Å². The third-order valence-electron chi connectivity index (χ3n) is 4.46. The van der Waals surface area contributed by atoms with E-state index >= 15 is 0 Å². The molecule has 0 aliphatic rings. The Bertz CT molecular complexity index is 1120. The van der Waals surface area contributed by atoms with Crippen molar-refractivity contribution in [1.29, 1.82) is 0 Å². The molecular formula is C25H22ClFN2O4S. The van der Waals surface area contributed by atoms with Gasteiger partial charge in [-0.25, -0.2) is 4.39 Å². The van der Waals surface area contributed by atoms with Gasteiger partial charge in [0, 0.05) is 39.0 Å². The van der Waals surface area contributed by atoms with Gasteiger partial charge in [-0.1, -0.05) is 23.4 Å². The number of carbonyl (C=O) groups excluding carboxylic acids is 3. The van der Waals surface area contributed by atoms with E-state index in [4.69, 9.17) is 16.3 Å². The minimum Gasteiger partial charge on any atom is -0.456 e. The molecule has 2 amide bonds. The number of anilines is 2. The summed E-state index contributed by atoms with van der Waals surface area (Å²) in [5.41, 5.74) is 1.06. The van der Waals surface area contributed by atoms with E-state index in [-0.39, 0.29) is 25.2 Å². The van der Waals surface area contributed by atoms with Crippen molar-refractivity contribution in [3.05, 3.63) is 83.6 Å². The van der Waals surface area contributed by atoms with Crippen LogP contribution in [0.3, 0.4) is 0 Å². The van der Waals surface area contributed by atoms with Crippen molar-refractivity contribution in [2.24, 2.45) is 0 Å². The summed E-state index contributed by atoms with van der Waals surface area (Å²) in [6.45, 7) is -0.456. The first-order valence-corrected chi connectivity index (χ1v) is 11.6. The van der Waals surface area contributed by atoms with Crippen LogP contribution < -0.4 is 10.6 Å². The van der Waals surface area contributed by atoms with E-state index in [0.29, 0.717) is 16.4 Å². The number of rotatable bonds is 10. The summed E-state index contributed by atoms with van der Waals surface area (Å²) in [7, 11) is 0. The predicted octanol–water partition coefficient (Wildman–Crippen LogP) is 5.92. The highest BCUT2D eigenvalue weighted by molar-refractivity contribution is 7.99. The van der Waals surface area contributed by atoms with Crippen molar-refractivity contribution in [3.63, 3.8) is 0 Å². The summed E-state index contributed by atoms with van der Waals surface area (Å²) < 4.78 is 17.8. The topological polar surface area (TPSA) is 84.5 Å². The second kappa shape index (κ2) is 12.8. The first-order chi connectivity index (χ1) is 16.4. The Morgan fingerprint density at radius 1 is 0.765 bits per heavy atom. The summed E-state index contributed by atoms with van der Waals surface area (Å²) in [5.74, 6) is -1.75. The molecule has 0 aliphatic carbocycles. The molecule has 0 radical (unpaired) electrons. The number of esters is 1. The molecule has 0 bridgehead atoms. The van der Waals surface area contributed by atoms with E-state index < -0.39 is 24.3 Å². The average Bonchev–Trinajstić information content (AvgIpc) is 2.82. The van der Waals surface area contributed by atoms with Crippen LogP contribution in [0.25, 0.3) is 0 Å². The second-order valence-electron chi connectivity index (χ2n) is 7.20. The van der Waals surface area contributed by atoms with Gasteiger partial charge in [0.25, 0.3) is 5.91 Å². The minimum atomic E-state index is -0.578. The van der Waals surface area contributed by atoms with Gasteiger partial charge < -0.3 is 15.4 Å².